The Balaban J connectivity index is 3.00. The Morgan fingerprint density at radius 2 is 2.06 bits per heavy atom. The zero-order valence-corrected chi connectivity index (χ0v) is 11.6. The van der Waals surface area contributed by atoms with Crippen LogP contribution < -0.4 is 5.32 Å². The molecule has 3 heteroatoms. The second-order valence-corrected chi connectivity index (χ2v) is 5.74. The van der Waals surface area contributed by atoms with Gasteiger partial charge in [-0.15, -0.1) is 0 Å². The smallest absolute Gasteiger partial charge is 0.101 e. The molecule has 0 aliphatic heterocycles. The second-order valence-electron chi connectivity index (χ2n) is 5.74. The molecule has 1 rings (SSSR count). The molecule has 3 nitrogen and oxygen atoms in total. The van der Waals surface area contributed by atoms with Crippen LogP contribution in [0, 0.1) is 23.7 Å². The van der Waals surface area contributed by atoms with Crippen molar-refractivity contribution >= 4 is 5.69 Å². The van der Waals surface area contributed by atoms with E-state index in [-0.39, 0.29) is 18.1 Å². The van der Waals surface area contributed by atoms with E-state index in [9.17, 15) is 0 Å². The Hall–Kier alpha value is -1.53. The van der Waals surface area contributed by atoms with E-state index in [4.69, 9.17) is 10.4 Å². The van der Waals surface area contributed by atoms with Gasteiger partial charge in [-0.25, -0.2) is 0 Å². The summed E-state index contributed by atoms with van der Waals surface area (Å²) in [6, 6.07) is 8.08. The molecule has 2 N–H and O–H groups in total. The van der Waals surface area contributed by atoms with Crippen molar-refractivity contribution in [1.82, 2.24) is 0 Å². The highest BCUT2D eigenvalue weighted by Crippen LogP contribution is 2.27. The maximum Gasteiger partial charge on any atom is 0.101 e. The molecule has 0 aromatic heterocycles. The van der Waals surface area contributed by atoms with Gasteiger partial charge in [0, 0.05) is 12.6 Å². The van der Waals surface area contributed by atoms with Crippen molar-refractivity contribution in [3.8, 4) is 6.07 Å². The summed E-state index contributed by atoms with van der Waals surface area (Å²) < 4.78 is 0. The van der Waals surface area contributed by atoms with Gasteiger partial charge in [0.1, 0.15) is 6.07 Å². The zero-order valence-electron chi connectivity index (χ0n) is 11.6. The first-order valence-corrected chi connectivity index (χ1v) is 6.26. The number of hydrogen-bond donors (Lipinski definition) is 2. The lowest BCUT2D eigenvalue weighted by Gasteiger charge is -2.32. The van der Waals surface area contributed by atoms with E-state index in [1.807, 2.05) is 25.1 Å². The van der Waals surface area contributed by atoms with Crippen molar-refractivity contribution in [2.24, 2.45) is 5.41 Å². The van der Waals surface area contributed by atoms with Gasteiger partial charge in [-0.2, -0.15) is 5.26 Å². The summed E-state index contributed by atoms with van der Waals surface area (Å²) in [7, 11) is 0. The highest BCUT2D eigenvalue weighted by Gasteiger charge is 2.24. The summed E-state index contributed by atoms with van der Waals surface area (Å²) in [5.74, 6) is 0. The lowest BCUT2D eigenvalue weighted by molar-refractivity contribution is 0.235. The first kappa shape index (κ1) is 14.5. The number of aliphatic hydroxyl groups excluding tert-OH is 1. The van der Waals surface area contributed by atoms with Crippen LogP contribution in [-0.2, 0) is 0 Å². The van der Waals surface area contributed by atoms with E-state index in [0.29, 0.717) is 12.0 Å². The molecule has 98 valence electrons. The maximum absolute atomic E-state index is 9.15. The predicted octanol–water partition coefficient (Wildman–Crippen LogP) is 3.08. The zero-order chi connectivity index (χ0) is 13.8. The minimum absolute atomic E-state index is 0.0270. The molecular formula is C15H22N2O. The monoisotopic (exact) mass is 246 g/mol. The number of aryl methyl sites for hydroxylation is 1. The van der Waals surface area contributed by atoms with Crippen molar-refractivity contribution in [2.75, 3.05) is 11.9 Å². The van der Waals surface area contributed by atoms with Gasteiger partial charge in [0.2, 0.25) is 0 Å². The van der Waals surface area contributed by atoms with Gasteiger partial charge < -0.3 is 10.4 Å². The molecule has 0 radical (unpaired) electrons. The number of rotatable bonds is 4. The van der Waals surface area contributed by atoms with E-state index >= 15 is 0 Å². The van der Waals surface area contributed by atoms with Gasteiger partial charge >= 0.3 is 0 Å². The Bertz CT molecular complexity index is 441. The molecule has 0 aliphatic rings. The standard InChI is InChI=1S/C15H22N2O/c1-11-5-6-12(10-16)13(9-11)17-14(7-8-18)15(2,3)4/h5-6,9,14,17-18H,7-8H2,1-4H3. The van der Waals surface area contributed by atoms with Gasteiger partial charge in [-0.05, 0) is 36.5 Å². The molecule has 0 saturated carbocycles. The summed E-state index contributed by atoms with van der Waals surface area (Å²) in [6.07, 6.45) is 0.669. The van der Waals surface area contributed by atoms with Crippen LogP contribution in [-0.4, -0.2) is 17.8 Å². The van der Waals surface area contributed by atoms with Gasteiger partial charge in [0.25, 0.3) is 0 Å². The number of hydrogen-bond acceptors (Lipinski definition) is 3. The Kier molecular flexibility index (Phi) is 4.75. The molecule has 0 heterocycles. The van der Waals surface area contributed by atoms with Crippen molar-refractivity contribution in [2.45, 2.75) is 40.2 Å². The summed E-state index contributed by atoms with van der Waals surface area (Å²) in [5.41, 5.74) is 2.64. The van der Waals surface area contributed by atoms with Crippen LogP contribution in [0.5, 0.6) is 0 Å². The average Bonchev–Trinajstić information content (AvgIpc) is 2.27. The van der Waals surface area contributed by atoms with Crippen molar-refractivity contribution in [1.29, 1.82) is 5.26 Å². The lowest BCUT2D eigenvalue weighted by Crippen LogP contribution is -2.35. The van der Waals surface area contributed by atoms with Gasteiger partial charge in [0.05, 0.1) is 11.3 Å². The molecule has 0 amide bonds. The summed E-state index contributed by atoms with van der Waals surface area (Å²) >= 11 is 0. The average molecular weight is 246 g/mol. The number of benzene rings is 1. The van der Waals surface area contributed by atoms with E-state index in [1.54, 1.807) is 0 Å². The Morgan fingerprint density at radius 3 is 2.56 bits per heavy atom. The topological polar surface area (TPSA) is 56.0 Å². The third-order valence-corrected chi connectivity index (χ3v) is 3.09. The van der Waals surface area contributed by atoms with E-state index in [2.05, 4.69) is 32.2 Å². The first-order valence-electron chi connectivity index (χ1n) is 6.26. The van der Waals surface area contributed by atoms with Gasteiger partial charge in [-0.1, -0.05) is 26.8 Å². The highest BCUT2D eigenvalue weighted by atomic mass is 16.3. The molecule has 0 bridgehead atoms. The molecule has 1 atom stereocenters. The fourth-order valence-electron chi connectivity index (χ4n) is 1.91. The van der Waals surface area contributed by atoms with Crippen molar-refractivity contribution < 1.29 is 5.11 Å². The largest absolute Gasteiger partial charge is 0.396 e. The van der Waals surface area contributed by atoms with Gasteiger partial charge in [0.15, 0.2) is 0 Å². The maximum atomic E-state index is 9.15. The van der Waals surface area contributed by atoms with Crippen LogP contribution in [0.25, 0.3) is 0 Å². The normalized spacial score (nSPS) is 12.9. The van der Waals surface area contributed by atoms with Crippen LogP contribution in [0.3, 0.4) is 0 Å². The van der Waals surface area contributed by atoms with Crippen LogP contribution in [0.15, 0.2) is 18.2 Å². The third-order valence-electron chi connectivity index (χ3n) is 3.09. The van der Waals surface area contributed by atoms with Crippen LogP contribution in [0.4, 0.5) is 5.69 Å². The first-order chi connectivity index (χ1) is 8.38. The summed E-state index contributed by atoms with van der Waals surface area (Å²) in [6.45, 7) is 8.53. The molecule has 0 spiro atoms. The van der Waals surface area contributed by atoms with Crippen LogP contribution in [0.1, 0.15) is 38.3 Å². The van der Waals surface area contributed by atoms with Crippen molar-refractivity contribution in [3.63, 3.8) is 0 Å². The van der Waals surface area contributed by atoms with E-state index in [0.717, 1.165) is 11.3 Å². The number of aliphatic hydroxyl groups is 1. The number of anilines is 1. The Labute approximate surface area is 109 Å². The summed E-state index contributed by atoms with van der Waals surface area (Å²) in [4.78, 5) is 0. The molecular weight excluding hydrogens is 224 g/mol. The van der Waals surface area contributed by atoms with Crippen LogP contribution >= 0.6 is 0 Å². The molecule has 1 unspecified atom stereocenters. The minimum Gasteiger partial charge on any atom is -0.396 e. The number of nitrogens with zero attached hydrogens (tertiary/aromatic N) is 1. The predicted molar refractivity (Wildman–Crippen MR) is 74.5 cm³/mol. The highest BCUT2D eigenvalue weighted by molar-refractivity contribution is 5.59. The molecule has 0 fully saturated rings. The molecule has 0 saturated heterocycles. The number of nitriles is 1. The molecule has 18 heavy (non-hydrogen) atoms. The Morgan fingerprint density at radius 1 is 1.39 bits per heavy atom. The molecule has 1 aromatic carbocycles. The van der Waals surface area contributed by atoms with Crippen LogP contribution in [0.2, 0.25) is 0 Å². The summed E-state index contributed by atoms with van der Waals surface area (Å²) in [5, 5.41) is 21.7. The van der Waals surface area contributed by atoms with E-state index < -0.39 is 0 Å². The lowest BCUT2D eigenvalue weighted by atomic mass is 9.84. The van der Waals surface area contributed by atoms with Crippen molar-refractivity contribution in [3.05, 3.63) is 29.3 Å². The molecule has 1 aromatic rings. The fraction of sp³-hybridized carbons (Fsp3) is 0.533. The van der Waals surface area contributed by atoms with Gasteiger partial charge in [-0.3, -0.25) is 0 Å². The third kappa shape index (κ3) is 3.75. The number of nitrogens with one attached hydrogen (secondary N) is 1. The minimum atomic E-state index is 0.0270. The molecule has 0 aliphatic carbocycles. The SMILES string of the molecule is Cc1ccc(C#N)c(NC(CCO)C(C)(C)C)c1. The van der Waals surface area contributed by atoms with E-state index in [1.165, 1.54) is 0 Å². The quantitative estimate of drug-likeness (QED) is 0.858. The fourth-order valence-corrected chi connectivity index (χ4v) is 1.91. The second kappa shape index (κ2) is 5.88.